The van der Waals surface area contributed by atoms with Gasteiger partial charge in [-0.3, -0.25) is 10.1 Å². The molecule has 108 valence electrons. The molecule has 0 aliphatic carbocycles. The van der Waals surface area contributed by atoms with E-state index in [0.29, 0.717) is 16.8 Å². The van der Waals surface area contributed by atoms with Gasteiger partial charge in [0.05, 0.1) is 15.5 Å². The fraction of sp³-hybridized carbons (Fsp3) is 0.200. The van der Waals surface area contributed by atoms with Gasteiger partial charge in [-0.15, -0.1) is 0 Å². The third-order valence-electron chi connectivity index (χ3n) is 3.26. The quantitative estimate of drug-likeness (QED) is 0.623. The van der Waals surface area contributed by atoms with Crippen LogP contribution in [-0.2, 0) is 6.42 Å². The van der Waals surface area contributed by atoms with Gasteiger partial charge in [0.25, 0.3) is 5.69 Å². The number of ether oxygens (including phenoxy) is 2. The van der Waals surface area contributed by atoms with E-state index in [1.165, 1.54) is 12.1 Å². The molecule has 0 amide bonds. The summed E-state index contributed by atoms with van der Waals surface area (Å²) in [5.74, 6) is 1.33. The number of fused-ring (bicyclic) bond motifs is 1. The van der Waals surface area contributed by atoms with Gasteiger partial charge in [0.2, 0.25) is 0 Å². The average molecular weight is 350 g/mol. The van der Waals surface area contributed by atoms with E-state index in [-0.39, 0.29) is 11.8 Å². The highest BCUT2D eigenvalue weighted by Crippen LogP contribution is 2.31. The monoisotopic (exact) mass is 349 g/mol. The predicted molar refractivity (Wildman–Crippen MR) is 80.9 cm³/mol. The number of benzene rings is 2. The van der Waals surface area contributed by atoms with Crippen molar-refractivity contribution < 1.29 is 14.4 Å². The lowest BCUT2D eigenvalue weighted by Crippen LogP contribution is -2.22. The van der Waals surface area contributed by atoms with Crippen LogP contribution in [0.15, 0.2) is 46.9 Å². The van der Waals surface area contributed by atoms with E-state index in [2.05, 4.69) is 15.9 Å². The zero-order chi connectivity index (χ0) is 14.8. The number of nitrogens with zero attached hydrogens (tertiary/aromatic N) is 1. The van der Waals surface area contributed by atoms with Crippen molar-refractivity contribution in [3.05, 3.63) is 62.6 Å². The van der Waals surface area contributed by atoms with Crippen LogP contribution in [0.25, 0.3) is 0 Å². The summed E-state index contributed by atoms with van der Waals surface area (Å²) in [6.45, 7) is 0.342. The van der Waals surface area contributed by atoms with Crippen LogP contribution >= 0.6 is 15.9 Å². The molecule has 1 aliphatic heterocycles. The minimum atomic E-state index is -0.443. The molecule has 3 rings (SSSR count). The molecule has 2 aromatic carbocycles. The normalized spacial score (nSPS) is 16.1. The van der Waals surface area contributed by atoms with Crippen LogP contribution in [0, 0.1) is 10.1 Å². The molecule has 6 heteroatoms. The lowest BCUT2D eigenvalue weighted by Gasteiger charge is -2.13. The fourth-order valence-electron chi connectivity index (χ4n) is 2.25. The van der Waals surface area contributed by atoms with E-state index >= 15 is 0 Å². The van der Waals surface area contributed by atoms with Gasteiger partial charge < -0.3 is 9.47 Å². The maximum atomic E-state index is 10.8. The van der Waals surface area contributed by atoms with Crippen LogP contribution in [-0.4, -0.2) is 17.6 Å². The second-order valence-corrected chi connectivity index (χ2v) is 5.59. The van der Waals surface area contributed by atoms with Gasteiger partial charge >= 0.3 is 0 Å². The van der Waals surface area contributed by atoms with E-state index in [1.54, 1.807) is 6.07 Å². The molecule has 0 bridgehead atoms. The fourth-order valence-corrected chi connectivity index (χ4v) is 2.61. The van der Waals surface area contributed by atoms with E-state index in [9.17, 15) is 10.1 Å². The first kappa shape index (κ1) is 13.9. The predicted octanol–water partition coefficient (Wildman–Crippen LogP) is 3.74. The van der Waals surface area contributed by atoms with Crippen molar-refractivity contribution in [2.75, 3.05) is 6.61 Å². The topological polar surface area (TPSA) is 61.6 Å². The van der Waals surface area contributed by atoms with Crippen LogP contribution in [0.5, 0.6) is 11.5 Å². The van der Waals surface area contributed by atoms with Gasteiger partial charge in [-0.1, -0.05) is 18.2 Å². The zero-order valence-electron chi connectivity index (χ0n) is 11.0. The highest BCUT2D eigenvalue weighted by atomic mass is 79.9. The van der Waals surface area contributed by atoms with Crippen molar-refractivity contribution in [3.8, 4) is 11.5 Å². The average Bonchev–Trinajstić information content (AvgIpc) is 2.89. The summed E-state index contributed by atoms with van der Waals surface area (Å²) in [4.78, 5) is 10.3. The van der Waals surface area contributed by atoms with Gasteiger partial charge in [-0.2, -0.15) is 0 Å². The number of non-ortho nitro benzene ring substituents is 1. The Morgan fingerprint density at radius 3 is 2.90 bits per heavy atom. The lowest BCUT2D eigenvalue weighted by atomic mass is 10.1. The van der Waals surface area contributed by atoms with Crippen LogP contribution < -0.4 is 9.47 Å². The van der Waals surface area contributed by atoms with Gasteiger partial charge in [-0.25, -0.2) is 0 Å². The molecule has 1 aliphatic rings. The van der Waals surface area contributed by atoms with Crippen molar-refractivity contribution in [2.24, 2.45) is 0 Å². The summed E-state index contributed by atoms with van der Waals surface area (Å²) in [6, 6.07) is 12.3. The molecule has 0 radical (unpaired) electrons. The Morgan fingerprint density at radius 2 is 2.14 bits per heavy atom. The molecule has 0 spiro atoms. The number of rotatable bonds is 4. The van der Waals surface area contributed by atoms with Crippen LogP contribution in [0.2, 0.25) is 0 Å². The summed E-state index contributed by atoms with van der Waals surface area (Å²) in [5.41, 5.74) is 1.16. The molecule has 0 fully saturated rings. The summed E-state index contributed by atoms with van der Waals surface area (Å²) >= 11 is 3.33. The Bertz CT molecular complexity index is 664. The smallest absolute Gasteiger partial charge is 0.273 e. The molecule has 21 heavy (non-hydrogen) atoms. The largest absolute Gasteiger partial charge is 0.488 e. The zero-order valence-corrected chi connectivity index (χ0v) is 12.6. The maximum Gasteiger partial charge on any atom is 0.273 e. The first-order chi connectivity index (χ1) is 10.1. The summed E-state index contributed by atoms with van der Waals surface area (Å²) in [6.07, 6.45) is 0.705. The molecule has 0 saturated heterocycles. The number of nitro benzene ring substituents is 1. The number of halogens is 1. The molecule has 1 heterocycles. The number of hydrogen-bond donors (Lipinski definition) is 0. The Hall–Kier alpha value is -2.08. The second-order valence-electron chi connectivity index (χ2n) is 4.73. The second kappa shape index (κ2) is 5.73. The molecule has 5 nitrogen and oxygen atoms in total. The summed E-state index contributed by atoms with van der Waals surface area (Å²) in [5, 5.41) is 10.8. The van der Waals surface area contributed by atoms with Crippen LogP contribution in [0.4, 0.5) is 5.69 Å². The van der Waals surface area contributed by atoms with E-state index in [4.69, 9.17) is 9.47 Å². The number of para-hydroxylation sites is 1. The third kappa shape index (κ3) is 3.00. The van der Waals surface area contributed by atoms with E-state index in [1.807, 2.05) is 24.3 Å². The highest BCUT2D eigenvalue weighted by molar-refractivity contribution is 9.10. The molecular formula is C15H12BrNO4. The van der Waals surface area contributed by atoms with Gasteiger partial charge in [0.15, 0.2) is 0 Å². The molecule has 0 saturated carbocycles. The van der Waals surface area contributed by atoms with Crippen molar-refractivity contribution >= 4 is 21.6 Å². The highest BCUT2D eigenvalue weighted by Gasteiger charge is 2.23. The lowest BCUT2D eigenvalue weighted by molar-refractivity contribution is -0.385. The minimum Gasteiger partial charge on any atom is -0.488 e. The Morgan fingerprint density at radius 1 is 1.33 bits per heavy atom. The number of nitro groups is 1. The first-order valence-corrected chi connectivity index (χ1v) is 7.24. The third-order valence-corrected chi connectivity index (χ3v) is 3.92. The van der Waals surface area contributed by atoms with E-state index in [0.717, 1.165) is 17.7 Å². The van der Waals surface area contributed by atoms with Crippen molar-refractivity contribution in [2.45, 2.75) is 12.5 Å². The van der Waals surface area contributed by atoms with Gasteiger partial charge in [0, 0.05) is 12.5 Å². The molecular weight excluding hydrogens is 338 g/mol. The van der Waals surface area contributed by atoms with Crippen molar-refractivity contribution in [3.63, 3.8) is 0 Å². The molecule has 1 unspecified atom stereocenters. The number of hydrogen-bond acceptors (Lipinski definition) is 4. The Balaban J connectivity index is 1.67. The summed E-state index contributed by atoms with van der Waals surface area (Å²) in [7, 11) is 0. The Labute approximate surface area is 129 Å². The Kier molecular flexibility index (Phi) is 3.79. The van der Waals surface area contributed by atoms with Gasteiger partial charge in [0.1, 0.15) is 24.2 Å². The summed E-state index contributed by atoms with van der Waals surface area (Å²) < 4.78 is 12.1. The molecule has 0 N–H and O–H groups in total. The first-order valence-electron chi connectivity index (χ1n) is 6.45. The SMILES string of the molecule is O=[N+]([O-])c1ccc(Br)c(OCC2Cc3ccccc3O2)c1. The molecule has 2 aromatic rings. The van der Waals surface area contributed by atoms with Gasteiger partial charge in [-0.05, 0) is 33.6 Å². The van der Waals surface area contributed by atoms with E-state index < -0.39 is 4.92 Å². The van der Waals surface area contributed by atoms with Crippen molar-refractivity contribution in [1.29, 1.82) is 0 Å². The standard InChI is InChI=1S/C15H12BrNO4/c16-13-6-5-11(17(18)19)8-15(13)20-9-12-7-10-3-1-2-4-14(10)21-12/h1-6,8,12H,7,9H2. The van der Waals surface area contributed by atoms with Crippen LogP contribution in [0.3, 0.4) is 0 Å². The van der Waals surface area contributed by atoms with Crippen LogP contribution in [0.1, 0.15) is 5.56 Å². The maximum absolute atomic E-state index is 10.8. The molecule has 1 atom stereocenters. The molecule has 0 aromatic heterocycles. The van der Waals surface area contributed by atoms with Crippen molar-refractivity contribution in [1.82, 2.24) is 0 Å². The minimum absolute atomic E-state index is 0.00354.